The Bertz CT molecular complexity index is 542. The molecule has 0 heterocycles. The minimum Gasteiger partial charge on any atom is -0.278 e. The lowest BCUT2D eigenvalue weighted by Gasteiger charge is -2.04. The van der Waals surface area contributed by atoms with Gasteiger partial charge in [-0.3, -0.25) is 5.43 Å². The van der Waals surface area contributed by atoms with Crippen molar-refractivity contribution in [1.29, 1.82) is 0 Å². The Morgan fingerprint density at radius 2 is 1.61 bits per heavy atom. The van der Waals surface area contributed by atoms with E-state index in [4.69, 9.17) is 0 Å². The fraction of sp³-hybridized carbons (Fsp3) is 0.133. The maximum atomic E-state index is 12.7. The third-order valence-electron chi connectivity index (χ3n) is 2.67. The van der Waals surface area contributed by atoms with E-state index in [-0.39, 0.29) is 5.82 Å². The van der Waals surface area contributed by atoms with E-state index >= 15 is 0 Å². The average Bonchev–Trinajstić information content (AvgIpc) is 2.38. The second-order valence-corrected chi connectivity index (χ2v) is 4.18. The van der Waals surface area contributed by atoms with Gasteiger partial charge in [0, 0.05) is 0 Å². The normalized spacial score (nSPS) is 11.4. The van der Waals surface area contributed by atoms with Crippen LogP contribution in [0.4, 0.5) is 10.1 Å². The number of aryl methyl sites for hydroxylation is 1. The molecule has 0 atom stereocenters. The second-order valence-electron chi connectivity index (χ2n) is 4.18. The standard InChI is InChI=1S/C15H15FN2/c1-11-3-5-13(6-4-11)12(2)17-18-15-9-7-14(16)8-10-15/h3-10,18H,1-2H3/b17-12-. The van der Waals surface area contributed by atoms with Crippen molar-refractivity contribution < 1.29 is 4.39 Å². The SMILES string of the molecule is C/C(=N/Nc1ccc(F)cc1)c1ccc(C)cc1. The van der Waals surface area contributed by atoms with Crippen LogP contribution in [0.1, 0.15) is 18.1 Å². The number of halogens is 1. The highest BCUT2D eigenvalue weighted by Gasteiger charge is 1.97. The molecule has 0 aromatic heterocycles. The zero-order valence-corrected chi connectivity index (χ0v) is 10.4. The molecule has 2 aromatic rings. The van der Waals surface area contributed by atoms with Crippen LogP contribution in [0.2, 0.25) is 0 Å². The molecule has 0 aliphatic heterocycles. The largest absolute Gasteiger partial charge is 0.278 e. The third kappa shape index (κ3) is 3.17. The van der Waals surface area contributed by atoms with Gasteiger partial charge >= 0.3 is 0 Å². The van der Waals surface area contributed by atoms with Gasteiger partial charge in [-0.25, -0.2) is 4.39 Å². The fourth-order valence-corrected chi connectivity index (χ4v) is 1.53. The predicted molar refractivity (Wildman–Crippen MR) is 73.4 cm³/mol. The number of hydrogen-bond donors (Lipinski definition) is 1. The average molecular weight is 242 g/mol. The molecule has 1 N–H and O–H groups in total. The number of benzene rings is 2. The summed E-state index contributed by atoms with van der Waals surface area (Å²) in [6.45, 7) is 3.98. The Morgan fingerprint density at radius 1 is 1.00 bits per heavy atom. The quantitative estimate of drug-likeness (QED) is 0.639. The Hall–Kier alpha value is -2.16. The fourth-order valence-electron chi connectivity index (χ4n) is 1.53. The van der Waals surface area contributed by atoms with Crippen LogP contribution in [0, 0.1) is 12.7 Å². The molecule has 0 aliphatic carbocycles. The van der Waals surface area contributed by atoms with Gasteiger partial charge in [-0.1, -0.05) is 29.8 Å². The molecule has 0 spiro atoms. The van der Waals surface area contributed by atoms with Crippen LogP contribution in [-0.4, -0.2) is 5.71 Å². The number of anilines is 1. The summed E-state index contributed by atoms with van der Waals surface area (Å²) >= 11 is 0. The molecule has 2 rings (SSSR count). The smallest absolute Gasteiger partial charge is 0.123 e. The maximum absolute atomic E-state index is 12.7. The van der Waals surface area contributed by atoms with Gasteiger partial charge in [-0.15, -0.1) is 0 Å². The maximum Gasteiger partial charge on any atom is 0.123 e. The molecule has 0 aliphatic rings. The first kappa shape index (κ1) is 12.3. The van der Waals surface area contributed by atoms with Crippen LogP contribution >= 0.6 is 0 Å². The zero-order chi connectivity index (χ0) is 13.0. The van der Waals surface area contributed by atoms with Gasteiger partial charge in [0.1, 0.15) is 5.82 Å². The van der Waals surface area contributed by atoms with Gasteiger partial charge in [0.2, 0.25) is 0 Å². The van der Waals surface area contributed by atoms with Crippen LogP contribution < -0.4 is 5.43 Å². The summed E-state index contributed by atoms with van der Waals surface area (Å²) in [5, 5.41) is 4.27. The summed E-state index contributed by atoms with van der Waals surface area (Å²) in [5.41, 5.74) is 6.85. The van der Waals surface area contributed by atoms with Gasteiger partial charge < -0.3 is 0 Å². The van der Waals surface area contributed by atoms with Gasteiger partial charge in [0.15, 0.2) is 0 Å². The summed E-state index contributed by atoms with van der Waals surface area (Å²) in [4.78, 5) is 0. The van der Waals surface area contributed by atoms with Crippen molar-refractivity contribution in [3.8, 4) is 0 Å². The predicted octanol–water partition coefficient (Wildman–Crippen LogP) is 3.97. The first-order valence-electron chi connectivity index (χ1n) is 5.78. The molecule has 0 saturated carbocycles. The highest BCUT2D eigenvalue weighted by molar-refractivity contribution is 5.99. The first-order chi connectivity index (χ1) is 8.65. The Labute approximate surface area is 106 Å². The monoisotopic (exact) mass is 242 g/mol. The van der Waals surface area contributed by atoms with E-state index in [2.05, 4.69) is 10.5 Å². The molecular formula is C15H15FN2. The van der Waals surface area contributed by atoms with Crippen LogP contribution in [0.5, 0.6) is 0 Å². The van der Waals surface area contributed by atoms with Crippen molar-refractivity contribution in [1.82, 2.24) is 0 Å². The van der Waals surface area contributed by atoms with Crippen LogP contribution in [0.15, 0.2) is 53.6 Å². The van der Waals surface area contributed by atoms with E-state index in [0.717, 1.165) is 17.0 Å². The number of hydrogen-bond acceptors (Lipinski definition) is 2. The van der Waals surface area contributed by atoms with Crippen LogP contribution in [0.3, 0.4) is 0 Å². The van der Waals surface area contributed by atoms with E-state index in [0.29, 0.717) is 0 Å². The molecule has 2 aromatic carbocycles. The molecule has 0 bridgehead atoms. The molecule has 2 nitrogen and oxygen atoms in total. The van der Waals surface area contributed by atoms with Crippen molar-refractivity contribution in [3.63, 3.8) is 0 Å². The van der Waals surface area contributed by atoms with Gasteiger partial charge in [0.05, 0.1) is 11.4 Å². The third-order valence-corrected chi connectivity index (χ3v) is 2.67. The first-order valence-corrected chi connectivity index (χ1v) is 5.78. The highest BCUT2D eigenvalue weighted by Crippen LogP contribution is 2.09. The molecule has 18 heavy (non-hydrogen) atoms. The van der Waals surface area contributed by atoms with Gasteiger partial charge in [-0.05, 0) is 43.7 Å². The minimum absolute atomic E-state index is 0.250. The van der Waals surface area contributed by atoms with Gasteiger partial charge in [-0.2, -0.15) is 5.10 Å². The molecule has 0 amide bonds. The molecule has 0 fully saturated rings. The summed E-state index contributed by atoms with van der Waals surface area (Å²) in [6.07, 6.45) is 0. The Balaban J connectivity index is 2.09. The number of hydrazone groups is 1. The number of nitrogens with zero attached hydrogens (tertiary/aromatic N) is 1. The molecule has 0 saturated heterocycles. The van der Waals surface area contributed by atoms with Crippen LogP contribution in [0.25, 0.3) is 0 Å². The topological polar surface area (TPSA) is 24.4 Å². The number of rotatable bonds is 3. The zero-order valence-electron chi connectivity index (χ0n) is 10.4. The van der Waals surface area contributed by atoms with Crippen molar-refractivity contribution in [2.24, 2.45) is 5.10 Å². The summed E-state index contributed by atoms with van der Waals surface area (Å²) in [7, 11) is 0. The molecule has 3 heteroatoms. The van der Waals surface area contributed by atoms with Gasteiger partial charge in [0.25, 0.3) is 0 Å². The van der Waals surface area contributed by atoms with Crippen molar-refractivity contribution in [2.75, 3.05) is 5.43 Å². The van der Waals surface area contributed by atoms with E-state index in [9.17, 15) is 4.39 Å². The van der Waals surface area contributed by atoms with Crippen LogP contribution in [-0.2, 0) is 0 Å². The molecule has 0 radical (unpaired) electrons. The second kappa shape index (κ2) is 5.45. The van der Waals surface area contributed by atoms with E-state index in [1.807, 2.05) is 38.1 Å². The lowest BCUT2D eigenvalue weighted by atomic mass is 10.1. The lowest BCUT2D eigenvalue weighted by molar-refractivity contribution is 0.628. The van der Waals surface area contributed by atoms with Crippen molar-refractivity contribution in [2.45, 2.75) is 13.8 Å². The minimum atomic E-state index is -0.250. The molecule has 0 unspecified atom stereocenters. The molecular weight excluding hydrogens is 227 g/mol. The Kier molecular flexibility index (Phi) is 3.72. The lowest BCUT2D eigenvalue weighted by Crippen LogP contribution is -1.99. The summed E-state index contributed by atoms with van der Waals surface area (Å²) < 4.78 is 12.7. The van der Waals surface area contributed by atoms with E-state index in [1.54, 1.807) is 12.1 Å². The van der Waals surface area contributed by atoms with E-state index in [1.165, 1.54) is 17.7 Å². The van der Waals surface area contributed by atoms with Crippen molar-refractivity contribution >= 4 is 11.4 Å². The molecule has 92 valence electrons. The highest BCUT2D eigenvalue weighted by atomic mass is 19.1. The summed E-state index contributed by atoms with van der Waals surface area (Å²) in [6, 6.07) is 14.3. The number of nitrogens with one attached hydrogen (secondary N) is 1. The Morgan fingerprint density at radius 3 is 2.22 bits per heavy atom. The van der Waals surface area contributed by atoms with Crippen molar-refractivity contribution in [3.05, 3.63) is 65.5 Å². The van der Waals surface area contributed by atoms with E-state index < -0.39 is 0 Å². The summed E-state index contributed by atoms with van der Waals surface area (Å²) in [5.74, 6) is -0.250.